The number of imide groups is 1. The normalized spacial score (nSPS) is 18.1. The molecule has 0 saturated carbocycles. The average molecular weight is 437 g/mol. The van der Waals surface area contributed by atoms with Gasteiger partial charge in [0, 0.05) is 35.2 Å². The lowest BCUT2D eigenvalue weighted by atomic mass is 9.87. The van der Waals surface area contributed by atoms with E-state index in [1.54, 1.807) is 29.3 Å². The Morgan fingerprint density at radius 2 is 1.74 bits per heavy atom. The number of carbonyl (C=O) groups is 3. The standard InChI is InChI=1S/C23H21ClN4O3/c24-18-7-3-1-5-15(18)14-28-21(30)23(26-22(28)31)9-11-27(12-10-23)20(29)17-13-25-19-8-4-2-6-16(17)19/h1-8,13,25H,9-12,14H2,(H,26,31). The molecule has 0 atom stereocenters. The molecule has 8 heteroatoms. The number of hydrogen-bond acceptors (Lipinski definition) is 3. The topological polar surface area (TPSA) is 85.5 Å². The molecular formula is C23H21ClN4O3. The van der Waals surface area contributed by atoms with Gasteiger partial charge >= 0.3 is 6.03 Å². The third kappa shape index (κ3) is 3.25. The predicted molar refractivity (Wildman–Crippen MR) is 117 cm³/mol. The Labute approximate surface area is 184 Å². The number of para-hydroxylation sites is 1. The van der Waals surface area contributed by atoms with Crippen LogP contribution in [0.1, 0.15) is 28.8 Å². The number of benzene rings is 2. The molecule has 4 amide bonds. The molecule has 1 spiro atoms. The largest absolute Gasteiger partial charge is 0.360 e. The van der Waals surface area contributed by atoms with Crippen molar-refractivity contribution in [2.45, 2.75) is 24.9 Å². The van der Waals surface area contributed by atoms with Gasteiger partial charge in [-0.2, -0.15) is 0 Å². The quantitative estimate of drug-likeness (QED) is 0.616. The predicted octanol–water partition coefficient (Wildman–Crippen LogP) is 3.55. The van der Waals surface area contributed by atoms with Crippen LogP contribution >= 0.6 is 11.6 Å². The van der Waals surface area contributed by atoms with E-state index in [1.165, 1.54) is 4.90 Å². The molecule has 0 unspecified atom stereocenters. The van der Waals surface area contributed by atoms with Crippen LogP contribution in [0.4, 0.5) is 4.79 Å². The molecule has 31 heavy (non-hydrogen) atoms. The van der Waals surface area contributed by atoms with Crippen molar-refractivity contribution in [3.63, 3.8) is 0 Å². The number of H-pyrrole nitrogens is 1. The van der Waals surface area contributed by atoms with E-state index in [2.05, 4.69) is 10.3 Å². The van der Waals surface area contributed by atoms with Crippen LogP contribution in [0, 0.1) is 0 Å². The number of aromatic nitrogens is 1. The molecule has 158 valence electrons. The molecule has 0 aliphatic carbocycles. The Hall–Kier alpha value is -3.32. The minimum Gasteiger partial charge on any atom is -0.360 e. The average Bonchev–Trinajstić information content (AvgIpc) is 3.30. The third-order valence-corrected chi connectivity index (χ3v) is 6.62. The Bertz CT molecular complexity index is 1200. The minimum absolute atomic E-state index is 0.0722. The first-order valence-electron chi connectivity index (χ1n) is 10.2. The molecule has 2 N–H and O–H groups in total. The van der Waals surface area contributed by atoms with Gasteiger partial charge in [-0.15, -0.1) is 0 Å². The molecule has 1 aromatic heterocycles. The number of halogens is 1. The SMILES string of the molecule is O=C(c1c[nH]c2ccccc12)N1CCC2(CC1)NC(=O)N(Cc1ccccc1Cl)C2=O. The first kappa shape index (κ1) is 19.6. The molecular weight excluding hydrogens is 416 g/mol. The van der Waals surface area contributed by atoms with Crippen LogP contribution in [-0.2, 0) is 11.3 Å². The van der Waals surface area contributed by atoms with Gasteiger partial charge in [0.1, 0.15) is 5.54 Å². The van der Waals surface area contributed by atoms with Crippen molar-refractivity contribution in [1.29, 1.82) is 0 Å². The number of likely N-dealkylation sites (tertiary alicyclic amines) is 1. The molecule has 2 saturated heterocycles. The molecule has 7 nitrogen and oxygen atoms in total. The fourth-order valence-corrected chi connectivity index (χ4v) is 4.66. The first-order chi connectivity index (χ1) is 15.0. The monoisotopic (exact) mass is 436 g/mol. The van der Waals surface area contributed by atoms with Gasteiger partial charge in [-0.3, -0.25) is 14.5 Å². The maximum Gasteiger partial charge on any atom is 0.325 e. The van der Waals surface area contributed by atoms with Crippen LogP contribution in [0.2, 0.25) is 5.02 Å². The number of rotatable bonds is 3. The molecule has 2 fully saturated rings. The van der Waals surface area contributed by atoms with Crippen molar-refractivity contribution < 1.29 is 14.4 Å². The number of piperidine rings is 1. The second-order valence-electron chi connectivity index (χ2n) is 8.04. The molecule has 0 radical (unpaired) electrons. The molecule has 0 bridgehead atoms. The summed E-state index contributed by atoms with van der Waals surface area (Å²) < 4.78 is 0. The van der Waals surface area contributed by atoms with Gasteiger partial charge in [-0.1, -0.05) is 48.0 Å². The summed E-state index contributed by atoms with van der Waals surface area (Å²) in [5.74, 6) is -0.325. The summed E-state index contributed by atoms with van der Waals surface area (Å²) in [7, 11) is 0. The highest BCUT2D eigenvalue weighted by Crippen LogP contribution is 2.32. The van der Waals surface area contributed by atoms with Gasteiger partial charge in [0.15, 0.2) is 0 Å². The number of urea groups is 1. The highest BCUT2D eigenvalue weighted by molar-refractivity contribution is 6.31. The summed E-state index contributed by atoms with van der Waals surface area (Å²) in [5.41, 5.74) is 1.29. The van der Waals surface area contributed by atoms with E-state index in [9.17, 15) is 14.4 Å². The van der Waals surface area contributed by atoms with E-state index in [1.807, 2.05) is 30.3 Å². The van der Waals surface area contributed by atoms with Crippen molar-refractivity contribution in [3.8, 4) is 0 Å². The number of nitrogens with one attached hydrogen (secondary N) is 2. The summed E-state index contributed by atoms with van der Waals surface area (Å²) in [6.45, 7) is 0.915. The number of aromatic amines is 1. The van der Waals surface area contributed by atoms with Crippen LogP contribution < -0.4 is 5.32 Å². The van der Waals surface area contributed by atoms with Gasteiger partial charge < -0.3 is 15.2 Å². The highest BCUT2D eigenvalue weighted by atomic mass is 35.5. The van der Waals surface area contributed by atoms with Gasteiger partial charge in [0.2, 0.25) is 0 Å². The minimum atomic E-state index is -0.963. The Morgan fingerprint density at radius 3 is 2.52 bits per heavy atom. The second-order valence-corrected chi connectivity index (χ2v) is 8.44. The lowest BCUT2D eigenvalue weighted by Gasteiger charge is -2.37. The Morgan fingerprint density at radius 1 is 1.03 bits per heavy atom. The zero-order valence-corrected chi connectivity index (χ0v) is 17.5. The van der Waals surface area contributed by atoms with Crippen molar-refractivity contribution in [3.05, 3.63) is 70.9 Å². The van der Waals surface area contributed by atoms with Crippen molar-refractivity contribution in [1.82, 2.24) is 20.1 Å². The van der Waals surface area contributed by atoms with Crippen molar-refractivity contribution >= 4 is 40.3 Å². The lowest BCUT2D eigenvalue weighted by molar-refractivity contribution is -0.133. The summed E-state index contributed by atoms with van der Waals surface area (Å²) in [5, 5.41) is 4.28. The fraction of sp³-hybridized carbons (Fsp3) is 0.261. The number of amides is 4. The molecule has 5 rings (SSSR count). The zero-order chi connectivity index (χ0) is 21.6. The lowest BCUT2D eigenvalue weighted by Crippen LogP contribution is -2.55. The molecule has 2 aliphatic heterocycles. The van der Waals surface area contributed by atoms with E-state index in [4.69, 9.17) is 11.6 Å². The number of nitrogens with zero attached hydrogens (tertiary/aromatic N) is 2. The number of fused-ring (bicyclic) bond motifs is 1. The van der Waals surface area contributed by atoms with Gasteiger partial charge in [-0.05, 0) is 30.5 Å². The van der Waals surface area contributed by atoms with Crippen LogP contribution in [-0.4, -0.2) is 51.3 Å². The van der Waals surface area contributed by atoms with E-state index >= 15 is 0 Å². The van der Waals surface area contributed by atoms with Gasteiger partial charge in [-0.25, -0.2) is 4.79 Å². The fourth-order valence-electron chi connectivity index (χ4n) is 4.47. The van der Waals surface area contributed by atoms with E-state index in [0.717, 1.165) is 16.5 Å². The smallest absolute Gasteiger partial charge is 0.325 e. The van der Waals surface area contributed by atoms with Crippen LogP contribution in [0.5, 0.6) is 0 Å². The Balaban J connectivity index is 1.30. The first-order valence-corrected chi connectivity index (χ1v) is 10.6. The maximum absolute atomic E-state index is 13.2. The third-order valence-electron chi connectivity index (χ3n) is 6.26. The van der Waals surface area contributed by atoms with Crippen molar-refractivity contribution in [2.75, 3.05) is 13.1 Å². The summed E-state index contributed by atoms with van der Waals surface area (Å²) in [6.07, 6.45) is 2.49. The van der Waals surface area contributed by atoms with Crippen LogP contribution in [0.15, 0.2) is 54.7 Å². The van der Waals surface area contributed by atoms with Crippen LogP contribution in [0.3, 0.4) is 0 Å². The maximum atomic E-state index is 13.2. The van der Waals surface area contributed by atoms with E-state index in [-0.39, 0.29) is 18.4 Å². The van der Waals surface area contributed by atoms with E-state index < -0.39 is 11.6 Å². The molecule has 2 aliphatic rings. The van der Waals surface area contributed by atoms with Gasteiger partial charge in [0.25, 0.3) is 11.8 Å². The molecule has 2 aromatic carbocycles. The summed E-state index contributed by atoms with van der Waals surface area (Å²) in [6, 6.07) is 14.4. The van der Waals surface area contributed by atoms with E-state index in [0.29, 0.717) is 36.5 Å². The Kier molecular flexibility index (Phi) is 4.70. The summed E-state index contributed by atoms with van der Waals surface area (Å²) in [4.78, 5) is 44.9. The second kappa shape index (κ2) is 7.42. The van der Waals surface area contributed by atoms with Crippen LogP contribution in [0.25, 0.3) is 10.9 Å². The molecule has 3 heterocycles. The zero-order valence-electron chi connectivity index (χ0n) is 16.7. The number of hydrogen-bond donors (Lipinski definition) is 2. The highest BCUT2D eigenvalue weighted by Gasteiger charge is 2.52. The number of carbonyl (C=O) groups excluding carboxylic acids is 3. The molecule has 3 aromatic rings. The van der Waals surface area contributed by atoms with Crippen molar-refractivity contribution in [2.24, 2.45) is 0 Å². The van der Waals surface area contributed by atoms with Gasteiger partial charge in [0.05, 0.1) is 12.1 Å². The summed E-state index contributed by atoms with van der Waals surface area (Å²) >= 11 is 6.20.